The average molecular weight is 859 g/mol. The maximum atomic E-state index is 12.7. The maximum absolute atomic E-state index is 12.7. The Balaban J connectivity index is 4.10. The molecule has 0 saturated carbocycles. The second kappa shape index (κ2) is 47.1. The summed E-state index contributed by atoms with van der Waals surface area (Å²) < 4.78 is 11.9. The van der Waals surface area contributed by atoms with Gasteiger partial charge in [-0.3, -0.25) is 14.4 Å². The third-order valence-electron chi connectivity index (χ3n) is 11.7. The second-order valence-corrected chi connectivity index (χ2v) is 17.8. The molecule has 0 saturated heterocycles. The molecule has 0 bridgehead atoms. The molecule has 0 aromatic heterocycles. The second-order valence-electron chi connectivity index (χ2n) is 17.8. The van der Waals surface area contributed by atoms with Gasteiger partial charge in [0.2, 0.25) is 0 Å². The number of carbonyl (C=O) groups excluding carboxylic acids is 2. The maximum Gasteiger partial charge on any atom is 0.306 e. The van der Waals surface area contributed by atoms with E-state index >= 15 is 0 Å². The van der Waals surface area contributed by atoms with Crippen LogP contribution in [0.25, 0.3) is 0 Å². The molecule has 0 aliphatic rings. The van der Waals surface area contributed by atoms with E-state index in [-0.39, 0.29) is 36.7 Å². The van der Waals surface area contributed by atoms with Gasteiger partial charge in [-0.25, -0.2) is 0 Å². The largest absolute Gasteiger partial charge is 0.481 e. The normalized spacial score (nSPS) is 13.4. The Hall–Kier alpha value is -2.41. The van der Waals surface area contributed by atoms with Gasteiger partial charge in [0.15, 0.2) is 0 Å². The number of unbranched alkanes of at least 4 members (excludes halogenated alkanes) is 21. The summed E-state index contributed by atoms with van der Waals surface area (Å²) >= 11 is 0. The molecule has 0 fully saturated rings. The zero-order valence-electron chi connectivity index (χ0n) is 40.2. The fourth-order valence-electron chi connectivity index (χ4n) is 7.78. The number of aliphatic carboxylic acids is 1. The number of aliphatic hydroxyl groups is 1. The summed E-state index contributed by atoms with van der Waals surface area (Å²) in [5.74, 6) is -0.766. The molecular formula is C54H98O7. The third kappa shape index (κ3) is 45.4. The van der Waals surface area contributed by atoms with Crippen LogP contribution in [0.2, 0.25) is 0 Å². The van der Waals surface area contributed by atoms with E-state index in [1.807, 2.05) is 0 Å². The van der Waals surface area contributed by atoms with Crippen molar-refractivity contribution in [2.75, 3.05) is 0 Å². The molecule has 0 aliphatic heterocycles. The van der Waals surface area contributed by atoms with Crippen molar-refractivity contribution in [1.29, 1.82) is 0 Å². The van der Waals surface area contributed by atoms with E-state index in [1.165, 1.54) is 57.8 Å². The van der Waals surface area contributed by atoms with Crippen LogP contribution in [-0.2, 0) is 23.9 Å². The van der Waals surface area contributed by atoms with Gasteiger partial charge < -0.3 is 19.7 Å². The first-order valence-corrected chi connectivity index (χ1v) is 26.1. The molecule has 3 unspecified atom stereocenters. The molecule has 0 radical (unpaired) electrons. The number of carboxylic acid groups (broad SMARTS) is 1. The lowest BCUT2D eigenvalue weighted by atomic mass is 10.0. The molecule has 0 rings (SSSR count). The van der Waals surface area contributed by atoms with Crippen LogP contribution in [0, 0.1) is 0 Å². The quantitative estimate of drug-likeness (QED) is 0.0356. The number of esters is 2. The van der Waals surface area contributed by atoms with Crippen molar-refractivity contribution in [1.82, 2.24) is 0 Å². The molecule has 0 spiro atoms. The van der Waals surface area contributed by atoms with Crippen molar-refractivity contribution in [3.63, 3.8) is 0 Å². The zero-order valence-corrected chi connectivity index (χ0v) is 40.2. The Morgan fingerprint density at radius 1 is 0.377 bits per heavy atom. The van der Waals surface area contributed by atoms with Crippen LogP contribution in [0.4, 0.5) is 0 Å². The van der Waals surface area contributed by atoms with Gasteiger partial charge in [0, 0.05) is 19.3 Å². The molecule has 356 valence electrons. The Kier molecular flexibility index (Phi) is 45.2. The number of aliphatic hydroxyl groups excluding tert-OH is 1. The number of hydrogen-bond acceptors (Lipinski definition) is 6. The van der Waals surface area contributed by atoms with E-state index in [0.717, 1.165) is 173 Å². The first kappa shape index (κ1) is 58.6. The van der Waals surface area contributed by atoms with Crippen LogP contribution in [0.3, 0.4) is 0 Å². The molecule has 7 heteroatoms. The van der Waals surface area contributed by atoms with Gasteiger partial charge in [0.1, 0.15) is 12.2 Å². The highest BCUT2D eigenvalue weighted by molar-refractivity contribution is 5.69. The van der Waals surface area contributed by atoms with Gasteiger partial charge in [-0.2, -0.15) is 0 Å². The number of rotatable bonds is 47. The number of carbonyl (C=O) groups is 3. The van der Waals surface area contributed by atoms with E-state index in [0.29, 0.717) is 12.8 Å². The van der Waals surface area contributed by atoms with E-state index in [2.05, 4.69) is 57.2 Å². The minimum absolute atomic E-state index is 0.0185. The summed E-state index contributed by atoms with van der Waals surface area (Å²) in [5.41, 5.74) is 0. The smallest absolute Gasteiger partial charge is 0.306 e. The van der Waals surface area contributed by atoms with E-state index in [9.17, 15) is 19.5 Å². The predicted molar refractivity (Wildman–Crippen MR) is 258 cm³/mol. The summed E-state index contributed by atoms with van der Waals surface area (Å²) in [6.07, 6.45) is 53.0. The van der Waals surface area contributed by atoms with Gasteiger partial charge >= 0.3 is 17.9 Å². The molecule has 2 N–H and O–H groups in total. The highest BCUT2D eigenvalue weighted by Gasteiger charge is 2.15. The number of allylic oxidation sites excluding steroid dienone is 6. The lowest BCUT2D eigenvalue weighted by Gasteiger charge is -2.17. The van der Waals surface area contributed by atoms with Crippen molar-refractivity contribution in [2.24, 2.45) is 0 Å². The lowest BCUT2D eigenvalue weighted by molar-refractivity contribution is -0.150. The van der Waals surface area contributed by atoms with Gasteiger partial charge in [-0.15, -0.1) is 0 Å². The van der Waals surface area contributed by atoms with Crippen LogP contribution in [0.15, 0.2) is 36.5 Å². The minimum atomic E-state index is -0.699. The Bertz CT molecular complexity index is 1070. The Morgan fingerprint density at radius 3 is 1.10 bits per heavy atom. The summed E-state index contributed by atoms with van der Waals surface area (Å²) in [6, 6.07) is 0. The zero-order chi connectivity index (χ0) is 44.7. The first-order valence-electron chi connectivity index (χ1n) is 26.1. The number of carboxylic acids is 1. The summed E-state index contributed by atoms with van der Waals surface area (Å²) in [6.45, 7) is 6.61. The predicted octanol–water partition coefficient (Wildman–Crippen LogP) is 16.2. The molecule has 0 aromatic carbocycles. The molecular weight excluding hydrogens is 761 g/mol. The fraction of sp³-hybridized carbons (Fsp3) is 0.833. The van der Waals surface area contributed by atoms with Crippen LogP contribution in [-0.4, -0.2) is 46.4 Å². The first-order chi connectivity index (χ1) is 29.8. The average Bonchev–Trinajstić information content (AvgIpc) is 3.23. The van der Waals surface area contributed by atoms with Crippen molar-refractivity contribution < 1.29 is 34.1 Å². The Labute approximate surface area is 376 Å². The van der Waals surface area contributed by atoms with Crippen molar-refractivity contribution in [3.05, 3.63) is 36.5 Å². The van der Waals surface area contributed by atoms with E-state index in [1.54, 1.807) is 0 Å². The Morgan fingerprint density at radius 2 is 0.705 bits per heavy atom. The van der Waals surface area contributed by atoms with Gasteiger partial charge in [-0.05, 0) is 128 Å². The molecule has 0 aliphatic carbocycles. The minimum Gasteiger partial charge on any atom is -0.481 e. The van der Waals surface area contributed by atoms with Gasteiger partial charge in [-0.1, -0.05) is 160 Å². The molecule has 0 heterocycles. The molecule has 3 atom stereocenters. The van der Waals surface area contributed by atoms with Crippen molar-refractivity contribution in [2.45, 2.75) is 289 Å². The summed E-state index contributed by atoms with van der Waals surface area (Å²) in [4.78, 5) is 35.9. The molecule has 61 heavy (non-hydrogen) atoms. The molecule has 0 aromatic rings. The molecule has 0 amide bonds. The van der Waals surface area contributed by atoms with Crippen molar-refractivity contribution >= 4 is 17.9 Å². The topological polar surface area (TPSA) is 110 Å². The lowest BCUT2D eigenvalue weighted by Crippen LogP contribution is -2.18. The monoisotopic (exact) mass is 859 g/mol. The SMILES string of the molecule is CCCCCC(O)CC/C=C\CCCCCCCC(=O)OC(CC/C=C\CCCCCCCC(=O)OC(CC/C=C\CCCCCCCC(=O)O)CCCCC)CCCCC. The summed E-state index contributed by atoms with van der Waals surface area (Å²) in [7, 11) is 0. The van der Waals surface area contributed by atoms with Crippen LogP contribution in [0.5, 0.6) is 0 Å². The fourth-order valence-corrected chi connectivity index (χ4v) is 7.78. The highest BCUT2D eigenvalue weighted by atomic mass is 16.5. The highest BCUT2D eigenvalue weighted by Crippen LogP contribution is 2.18. The van der Waals surface area contributed by atoms with Crippen LogP contribution in [0.1, 0.15) is 271 Å². The number of ether oxygens (including phenoxy) is 2. The standard InChI is InChI=1S/C54H98O7/c1-4-7-31-40-49(55)41-34-25-19-13-10-17-23-29-38-47-53(58)61-51(43-33-9-6-3)45-36-27-21-15-12-18-24-30-39-48-54(59)60-50(42-32-8-5-2)44-35-26-20-14-11-16-22-28-37-46-52(56)57/h19-21,25-27,49-51,55H,4-18,22-24,28-48H2,1-3H3,(H,56,57)/b25-19-,26-20-,27-21-. The third-order valence-corrected chi connectivity index (χ3v) is 11.7. The van der Waals surface area contributed by atoms with Crippen molar-refractivity contribution in [3.8, 4) is 0 Å². The number of hydrogen-bond donors (Lipinski definition) is 2. The van der Waals surface area contributed by atoms with E-state index in [4.69, 9.17) is 14.6 Å². The molecule has 7 nitrogen and oxygen atoms in total. The van der Waals surface area contributed by atoms with Gasteiger partial charge in [0.25, 0.3) is 0 Å². The summed E-state index contributed by atoms with van der Waals surface area (Å²) in [5, 5.41) is 18.8. The van der Waals surface area contributed by atoms with Crippen LogP contribution >= 0.6 is 0 Å². The van der Waals surface area contributed by atoms with Gasteiger partial charge in [0.05, 0.1) is 6.10 Å². The van der Waals surface area contributed by atoms with Crippen LogP contribution < -0.4 is 0 Å². The van der Waals surface area contributed by atoms with E-state index < -0.39 is 5.97 Å².